The van der Waals surface area contributed by atoms with Gasteiger partial charge in [0.15, 0.2) is 0 Å². The lowest BCUT2D eigenvalue weighted by Crippen LogP contribution is -2.46. The maximum Gasteiger partial charge on any atom is 0.256 e. The van der Waals surface area contributed by atoms with Crippen LogP contribution in [0.1, 0.15) is 53.0 Å². The van der Waals surface area contributed by atoms with E-state index in [1.165, 1.54) is 17.7 Å². The van der Waals surface area contributed by atoms with E-state index in [2.05, 4.69) is 24.1 Å². The molecule has 0 radical (unpaired) electrons. The number of carbonyl (C=O) groups is 2. The van der Waals surface area contributed by atoms with Crippen molar-refractivity contribution in [3.8, 4) is 0 Å². The summed E-state index contributed by atoms with van der Waals surface area (Å²) in [6, 6.07) is 13.8. The lowest BCUT2D eigenvalue weighted by atomic mass is 10.0. The maximum atomic E-state index is 13.9. The van der Waals surface area contributed by atoms with Crippen LogP contribution >= 0.6 is 0 Å². The van der Waals surface area contributed by atoms with E-state index < -0.39 is 5.82 Å². The Morgan fingerprint density at radius 3 is 2.27 bits per heavy atom. The van der Waals surface area contributed by atoms with Gasteiger partial charge in [-0.25, -0.2) is 4.39 Å². The highest BCUT2D eigenvalue weighted by atomic mass is 19.1. The number of benzene rings is 2. The van der Waals surface area contributed by atoms with Crippen LogP contribution in [0.2, 0.25) is 0 Å². The van der Waals surface area contributed by atoms with Crippen LogP contribution < -0.4 is 5.32 Å². The molecule has 30 heavy (non-hydrogen) atoms. The fourth-order valence-corrected chi connectivity index (χ4v) is 3.77. The monoisotopic (exact) mass is 411 g/mol. The minimum atomic E-state index is -0.498. The number of amides is 2. The molecule has 2 aromatic rings. The summed E-state index contributed by atoms with van der Waals surface area (Å²) in [4.78, 5) is 29.1. The van der Waals surface area contributed by atoms with Crippen LogP contribution in [0, 0.1) is 5.82 Å². The maximum absolute atomic E-state index is 13.9. The van der Waals surface area contributed by atoms with Crippen molar-refractivity contribution in [1.29, 1.82) is 0 Å². The molecule has 0 atom stereocenters. The third-order valence-electron chi connectivity index (χ3n) is 5.74. The molecule has 2 aromatic carbocycles. The Balaban J connectivity index is 1.50. The molecule has 2 amide bonds. The normalized spacial score (nSPS) is 14.7. The first-order valence-electron chi connectivity index (χ1n) is 10.7. The van der Waals surface area contributed by atoms with Gasteiger partial charge in [0.25, 0.3) is 11.8 Å². The van der Waals surface area contributed by atoms with Crippen LogP contribution in [0.3, 0.4) is 0 Å². The first-order valence-corrected chi connectivity index (χ1v) is 10.7. The SMILES string of the molecule is CCN(CC)Cc1ccc(C(=O)NC2CCN(C(=O)c3ccccc3F)CC2)cc1. The molecule has 1 N–H and O–H groups in total. The van der Waals surface area contributed by atoms with E-state index in [0.717, 1.165) is 19.6 Å². The number of hydrogen-bond donors (Lipinski definition) is 1. The Hall–Kier alpha value is -2.73. The van der Waals surface area contributed by atoms with E-state index in [1.54, 1.807) is 17.0 Å². The van der Waals surface area contributed by atoms with Gasteiger partial charge in [-0.2, -0.15) is 0 Å². The van der Waals surface area contributed by atoms with Crippen molar-refractivity contribution < 1.29 is 14.0 Å². The Morgan fingerprint density at radius 1 is 1.03 bits per heavy atom. The lowest BCUT2D eigenvalue weighted by molar-refractivity contribution is 0.0693. The fourth-order valence-electron chi connectivity index (χ4n) is 3.77. The first-order chi connectivity index (χ1) is 14.5. The molecule has 0 bridgehead atoms. The smallest absolute Gasteiger partial charge is 0.256 e. The molecule has 0 aromatic heterocycles. The Labute approximate surface area is 177 Å². The second-order valence-electron chi connectivity index (χ2n) is 7.68. The van der Waals surface area contributed by atoms with Gasteiger partial charge in [-0.05, 0) is 55.8 Å². The number of carbonyl (C=O) groups excluding carboxylic acids is 2. The summed E-state index contributed by atoms with van der Waals surface area (Å²) in [5.74, 6) is -0.882. The lowest BCUT2D eigenvalue weighted by Gasteiger charge is -2.32. The van der Waals surface area contributed by atoms with Crippen LogP contribution in [-0.4, -0.2) is 53.8 Å². The molecule has 160 valence electrons. The van der Waals surface area contributed by atoms with Gasteiger partial charge in [0.05, 0.1) is 5.56 Å². The number of nitrogens with zero attached hydrogens (tertiary/aromatic N) is 2. The van der Waals surface area contributed by atoms with E-state index in [1.807, 2.05) is 24.3 Å². The molecule has 1 heterocycles. The topological polar surface area (TPSA) is 52.7 Å². The van der Waals surface area contributed by atoms with E-state index >= 15 is 0 Å². The van der Waals surface area contributed by atoms with Gasteiger partial charge in [0.2, 0.25) is 0 Å². The molecule has 6 heteroatoms. The fraction of sp³-hybridized carbons (Fsp3) is 0.417. The minimum absolute atomic E-state index is 0.0116. The summed E-state index contributed by atoms with van der Waals surface area (Å²) in [6.07, 6.45) is 1.32. The summed E-state index contributed by atoms with van der Waals surface area (Å²) in [6.45, 7) is 8.15. The Morgan fingerprint density at radius 2 is 1.67 bits per heavy atom. The van der Waals surface area contributed by atoms with Crippen LogP contribution in [0.15, 0.2) is 48.5 Å². The summed E-state index contributed by atoms with van der Waals surface area (Å²) in [5.41, 5.74) is 1.93. The van der Waals surface area contributed by atoms with Gasteiger partial charge < -0.3 is 10.2 Å². The molecular formula is C24H30FN3O2. The Bertz CT molecular complexity index is 857. The number of likely N-dealkylation sites (tertiary alicyclic amines) is 1. The summed E-state index contributed by atoms with van der Waals surface area (Å²) in [5, 5.41) is 3.07. The highest BCUT2D eigenvalue weighted by Gasteiger charge is 2.26. The summed E-state index contributed by atoms with van der Waals surface area (Å²) >= 11 is 0. The highest BCUT2D eigenvalue weighted by molar-refractivity contribution is 5.95. The van der Waals surface area contributed by atoms with Crippen molar-refractivity contribution in [3.05, 3.63) is 71.0 Å². The van der Waals surface area contributed by atoms with E-state index in [-0.39, 0.29) is 23.4 Å². The average molecular weight is 412 g/mol. The molecule has 5 nitrogen and oxygen atoms in total. The van der Waals surface area contributed by atoms with Gasteiger partial charge in [-0.3, -0.25) is 14.5 Å². The molecule has 0 spiro atoms. The zero-order valence-corrected chi connectivity index (χ0v) is 17.7. The average Bonchev–Trinajstić information content (AvgIpc) is 2.78. The van der Waals surface area contributed by atoms with E-state index in [9.17, 15) is 14.0 Å². The second kappa shape index (κ2) is 10.3. The van der Waals surface area contributed by atoms with Crippen molar-refractivity contribution in [2.75, 3.05) is 26.2 Å². The summed E-state index contributed by atoms with van der Waals surface area (Å²) < 4.78 is 13.9. The predicted molar refractivity (Wildman–Crippen MR) is 116 cm³/mol. The predicted octanol–water partition coefficient (Wildman–Crippen LogP) is 3.70. The second-order valence-corrected chi connectivity index (χ2v) is 7.68. The number of halogens is 1. The molecule has 1 aliphatic heterocycles. The van der Waals surface area contributed by atoms with Crippen LogP contribution in [0.4, 0.5) is 4.39 Å². The molecule has 1 fully saturated rings. The van der Waals surface area contributed by atoms with Crippen molar-refractivity contribution in [3.63, 3.8) is 0 Å². The zero-order chi connectivity index (χ0) is 21.5. The number of rotatable bonds is 7. The van der Waals surface area contributed by atoms with Gasteiger partial charge in [-0.15, -0.1) is 0 Å². The highest BCUT2D eigenvalue weighted by Crippen LogP contribution is 2.17. The van der Waals surface area contributed by atoms with Crippen molar-refractivity contribution >= 4 is 11.8 Å². The third-order valence-corrected chi connectivity index (χ3v) is 5.74. The number of hydrogen-bond acceptors (Lipinski definition) is 3. The van der Waals surface area contributed by atoms with Gasteiger partial charge in [0.1, 0.15) is 5.82 Å². The molecule has 0 saturated carbocycles. The standard InChI is InChI=1S/C24H30FN3O2/c1-3-27(4-2)17-18-9-11-19(12-10-18)23(29)26-20-13-15-28(16-14-20)24(30)21-7-5-6-8-22(21)25/h5-12,20H,3-4,13-17H2,1-2H3,(H,26,29). The number of piperidine rings is 1. The zero-order valence-electron chi connectivity index (χ0n) is 17.7. The van der Waals surface area contributed by atoms with Gasteiger partial charge >= 0.3 is 0 Å². The van der Waals surface area contributed by atoms with Gasteiger partial charge in [-0.1, -0.05) is 38.1 Å². The minimum Gasteiger partial charge on any atom is -0.349 e. The van der Waals surface area contributed by atoms with Crippen molar-refractivity contribution in [2.45, 2.75) is 39.3 Å². The van der Waals surface area contributed by atoms with Crippen LogP contribution in [0.25, 0.3) is 0 Å². The quantitative estimate of drug-likeness (QED) is 0.756. The number of nitrogens with one attached hydrogen (secondary N) is 1. The first kappa shape index (κ1) is 22.0. The molecular weight excluding hydrogens is 381 g/mol. The molecule has 3 rings (SSSR count). The molecule has 1 aliphatic rings. The molecule has 0 unspecified atom stereocenters. The van der Waals surface area contributed by atoms with Crippen LogP contribution in [-0.2, 0) is 6.54 Å². The Kier molecular flexibility index (Phi) is 7.57. The molecule has 1 saturated heterocycles. The molecule has 0 aliphatic carbocycles. The van der Waals surface area contributed by atoms with E-state index in [0.29, 0.717) is 31.5 Å². The van der Waals surface area contributed by atoms with Crippen molar-refractivity contribution in [1.82, 2.24) is 15.1 Å². The van der Waals surface area contributed by atoms with Gasteiger partial charge in [0, 0.05) is 31.2 Å². The van der Waals surface area contributed by atoms with Crippen LogP contribution in [0.5, 0.6) is 0 Å². The van der Waals surface area contributed by atoms with Crippen molar-refractivity contribution in [2.24, 2.45) is 0 Å². The van der Waals surface area contributed by atoms with E-state index in [4.69, 9.17) is 0 Å². The summed E-state index contributed by atoms with van der Waals surface area (Å²) in [7, 11) is 0. The largest absolute Gasteiger partial charge is 0.349 e. The third kappa shape index (κ3) is 5.45.